The minimum absolute atomic E-state index is 0.0246. The molecule has 0 radical (unpaired) electrons. The summed E-state index contributed by atoms with van der Waals surface area (Å²) in [4.78, 5) is 14.9. The van der Waals surface area contributed by atoms with Gasteiger partial charge in [0.05, 0.1) is 23.0 Å². The molecule has 1 aliphatic heterocycles. The summed E-state index contributed by atoms with van der Waals surface area (Å²) in [6.07, 6.45) is 1.75. The largest absolute Gasteiger partial charge is 0.503 e. The summed E-state index contributed by atoms with van der Waals surface area (Å²) < 4.78 is 6.18. The molecule has 2 aromatic rings. The van der Waals surface area contributed by atoms with E-state index >= 15 is 0 Å². The Morgan fingerprint density at radius 2 is 2.00 bits per heavy atom. The molecule has 0 saturated carbocycles. The van der Waals surface area contributed by atoms with E-state index in [0.29, 0.717) is 26.0 Å². The number of hydrogen-bond donors (Lipinski definition) is 1. The van der Waals surface area contributed by atoms with Crippen molar-refractivity contribution >= 4 is 56.2 Å². The van der Waals surface area contributed by atoms with Crippen LogP contribution < -0.4 is 4.74 Å². The topological polar surface area (TPSA) is 49.8 Å². The lowest BCUT2D eigenvalue weighted by atomic mass is 10.1. The Morgan fingerprint density at radius 1 is 1.31 bits per heavy atom. The van der Waals surface area contributed by atoms with E-state index in [9.17, 15) is 9.90 Å². The number of rotatable bonds is 4. The fourth-order valence-electron chi connectivity index (χ4n) is 2.50. The maximum Gasteiger partial charge on any atom is 0.266 e. The quantitative estimate of drug-likeness (QED) is 0.532. The van der Waals surface area contributed by atoms with Crippen LogP contribution in [0.3, 0.4) is 0 Å². The molecular formula is C19H16BrNO3S2. The van der Waals surface area contributed by atoms with Gasteiger partial charge in [0.15, 0.2) is 11.5 Å². The molecule has 0 atom stereocenters. The Labute approximate surface area is 170 Å². The molecule has 0 unspecified atom stereocenters. The van der Waals surface area contributed by atoms with Crippen LogP contribution in [0.4, 0.5) is 0 Å². The predicted octanol–water partition coefficient (Wildman–Crippen LogP) is 4.87. The van der Waals surface area contributed by atoms with Gasteiger partial charge in [-0.3, -0.25) is 9.69 Å². The molecule has 1 amide bonds. The Balaban J connectivity index is 1.85. The number of phenolic OH excluding ortho intramolecular Hbond substituents is 1. The zero-order valence-electron chi connectivity index (χ0n) is 14.2. The lowest BCUT2D eigenvalue weighted by molar-refractivity contribution is -0.122. The summed E-state index contributed by atoms with van der Waals surface area (Å²) in [5.41, 5.74) is 2.94. The molecule has 2 aromatic carbocycles. The van der Waals surface area contributed by atoms with Crippen LogP contribution in [0.15, 0.2) is 45.8 Å². The number of nitrogens with zero attached hydrogens (tertiary/aromatic N) is 1. The van der Waals surface area contributed by atoms with Gasteiger partial charge in [-0.05, 0) is 52.2 Å². The Hall–Kier alpha value is -1.83. The molecule has 26 heavy (non-hydrogen) atoms. The highest BCUT2D eigenvalue weighted by Crippen LogP contribution is 2.38. The lowest BCUT2D eigenvalue weighted by Crippen LogP contribution is -2.27. The first-order chi connectivity index (χ1) is 12.4. The average molecular weight is 450 g/mol. The number of amides is 1. The SMILES string of the molecule is COc1cc(/C=C2\SC(=S)N(Cc3ccc(C)cc3)C2=O)cc(Br)c1O. The molecular weight excluding hydrogens is 434 g/mol. The van der Waals surface area contributed by atoms with Crippen LogP contribution in [-0.4, -0.2) is 27.3 Å². The van der Waals surface area contributed by atoms with Crippen molar-refractivity contribution in [1.29, 1.82) is 0 Å². The Kier molecular flexibility index (Phi) is 5.70. The number of methoxy groups -OCH3 is 1. The molecule has 1 fully saturated rings. The third-order valence-electron chi connectivity index (χ3n) is 3.90. The molecule has 3 rings (SSSR count). The summed E-state index contributed by atoms with van der Waals surface area (Å²) >= 11 is 9.95. The normalized spacial score (nSPS) is 15.8. The van der Waals surface area contributed by atoms with Gasteiger partial charge in [-0.2, -0.15) is 0 Å². The fraction of sp³-hybridized carbons (Fsp3) is 0.158. The van der Waals surface area contributed by atoms with Gasteiger partial charge in [-0.25, -0.2) is 0 Å². The Bertz CT molecular complexity index is 910. The van der Waals surface area contributed by atoms with Crippen LogP contribution in [0.5, 0.6) is 11.5 Å². The number of carbonyl (C=O) groups excluding carboxylic acids is 1. The van der Waals surface area contributed by atoms with Gasteiger partial charge in [-0.15, -0.1) is 0 Å². The van der Waals surface area contributed by atoms with E-state index in [1.807, 2.05) is 31.2 Å². The van der Waals surface area contributed by atoms with E-state index in [2.05, 4.69) is 15.9 Å². The summed E-state index contributed by atoms with van der Waals surface area (Å²) in [6.45, 7) is 2.47. The van der Waals surface area contributed by atoms with E-state index in [4.69, 9.17) is 17.0 Å². The molecule has 1 N–H and O–H groups in total. The molecule has 7 heteroatoms. The standard InChI is InChI=1S/C19H16BrNO3S2/c1-11-3-5-12(6-4-11)10-21-18(23)16(26-19(21)25)9-13-7-14(20)17(22)15(8-13)24-2/h3-9,22H,10H2,1-2H3/b16-9-. The van der Waals surface area contributed by atoms with E-state index in [1.165, 1.54) is 24.4 Å². The number of aromatic hydroxyl groups is 1. The molecule has 0 bridgehead atoms. The van der Waals surface area contributed by atoms with Gasteiger partial charge >= 0.3 is 0 Å². The number of aryl methyl sites for hydroxylation is 1. The number of thiocarbonyl (C=S) groups is 1. The number of carbonyl (C=O) groups is 1. The highest BCUT2D eigenvalue weighted by molar-refractivity contribution is 9.10. The highest BCUT2D eigenvalue weighted by Gasteiger charge is 2.32. The van der Waals surface area contributed by atoms with Crippen molar-refractivity contribution < 1.29 is 14.6 Å². The molecule has 134 valence electrons. The first kappa shape index (κ1) is 18.9. The number of ether oxygens (including phenoxy) is 1. The van der Waals surface area contributed by atoms with E-state index in [0.717, 1.165) is 11.1 Å². The number of benzene rings is 2. The maximum atomic E-state index is 12.8. The van der Waals surface area contributed by atoms with Gasteiger partial charge < -0.3 is 9.84 Å². The summed E-state index contributed by atoms with van der Waals surface area (Å²) in [5.74, 6) is 0.237. The zero-order chi connectivity index (χ0) is 18.8. The summed E-state index contributed by atoms with van der Waals surface area (Å²) in [7, 11) is 1.48. The van der Waals surface area contributed by atoms with Crippen molar-refractivity contribution in [3.63, 3.8) is 0 Å². The molecule has 0 spiro atoms. The Morgan fingerprint density at radius 3 is 2.65 bits per heavy atom. The van der Waals surface area contributed by atoms with E-state index in [-0.39, 0.29) is 11.7 Å². The third-order valence-corrected chi connectivity index (χ3v) is 5.89. The molecule has 1 heterocycles. The minimum atomic E-state index is -0.122. The second-order valence-corrected chi connectivity index (χ2v) is 8.34. The summed E-state index contributed by atoms with van der Waals surface area (Å²) in [6, 6.07) is 11.4. The second kappa shape index (κ2) is 7.82. The van der Waals surface area contributed by atoms with Crippen LogP contribution in [0.2, 0.25) is 0 Å². The van der Waals surface area contributed by atoms with E-state index in [1.54, 1.807) is 23.1 Å². The fourth-order valence-corrected chi connectivity index (χ4v) is 4.21. The van der Waals surface area contributed by atoms with Gasteiger partial charge in [0.1, 0.15) is 4.32 Å². The average Bonchev–Trinajstić information content (AvgIpc) is 2.87. The van der Waals surface area contributed by atoms with Crippen LogP contribution in [0, 0.1) is 6.92 Å². The molecule has 4 nitrogen and oxygen atoms in total. The second-order valence-electron chi connectivity index (χ2n) is 5.81. The monoisotopic (exact) mass is 449 g/mol. The van der Waals surface area contributed by atoms with Crippen molar-refractivity contribution in [3.8, 4) is 11.5 Å². The first-order valence-corrected chi connectivity index (χ1v) is 9.78. The number of hydrogen-bond acceptors (Lipinski definition) is 5. The number of thioether (sulfide) groups is 1. The van der Waals surface area contributed by atoms with E-state index < -0.39 is 0 Å². The van der Waals surface area contributed by atoms with Gasteiger partial charge in [0.25, 0.3) is 5.91 Å². The molecule has 1 aliphatic rings. The van der Waals surface area contributed by atoms with Gasteiger partial charge in [-0.1, -0.05) is 53.8 Å². The first-order valence-electron chi connectivity index (χ1n) is 7.76. The van der Waals surface area contributed by atoms with Gasteiger partial charge in [0, 0.05) is 0 Å². The van der Waals surface area contributed by atoms with Crippen LogP contribution in [0.1, 0.15) is 16.7 Å². The van der Waals surface area contributed by atoms with Crippen molar-refractivity contribution in [2.45, 2.75) is 13.5 Å². The smallest absolute Gasteiger partial charge is 0.266 e. The maximum absolute atomic E-state index is 12.8. The molecule has 0 aromatic heterocycles. The van der Waals surface area contributed by atoms with Crippen LogP contribution >= 0.6 is 39.9 Å². The van der Waals surface area contributed by atoms with Gasteiger partial charge in [0.2, 0.25) is 0 Å². The lowest BCUT2D eigenvalue weighted by Gasteiger charge is -2.14. The summed E-state index contributed by atoms with van der Waals surface area (Å²) in [5, 5.41) is 9.91. The third kappa shape index (κ3) is 3.95. The predicted molar refractivity (Wildman–Crippen MR) is 112 cm³/mol. The zero-order valence-corrected chi connectivity index (χ0v) is 17.4. The molecule has 1 saturated heterocycles. The number of phenols is 1. The molecule has 0 aliphatic carbocycles. The number of halogens is 1. The van der Waals surface area contributed by atoms with Crippen molar-refractivity contribution in [2.24, 2.45) is 0 Å². The van der Waals surface area contributed by atoms with Crippen molar-refractivity contribution in [1.82, 2.24) is 4.90 Å². The highest BCUT2D eigenvalue weighted by atomic mass is 79.9. The minimum Gasteiger partial charge on any atom is -0.503 e. The van der Waals surface area contributed by atoms with Crippen LogP contribution in [-0.2, 0) is 11.3 Å². The van der Waals surface area contributed by atoms with Crippen molar-refractivity contribution in [2.75, 3.05) is 7.11 Å². The van der Waals surface area contributed by atoms with Crippen molar-refractivity contribution in [3.05, 3.63) is 62.5 Å². The van der Waals surface area contributed by atoms with Crippen LogP contribution in [0.25, 0.3) is 6.08 Å².